The first-order valence-corrected chi connectivity index (χ1v) is 9.25. The summed E-state index contributed by atoms with van der Waals surface area (Å²) in [5, 5.41) is 0. The molecule has 0 amide bonds. The number of methoxy groups -OCH3 is 1. The number of carbonyl (C=O) groups is 2. The highest BCUT2D eigenvalue weighted by atomic mass is 19.3. The summed E-state index contributed by atoms with van der Waals surface area (Å²) in [5.74, 6) is -0.0131. The molecule has 1 aromatic heterocycles. The molecule has 158 valence electrons. The van der Waals surface area contributed by atoms with E-state index in [0.29, 0.717) is 29.1 Å². The number of aryl methyl sites for hydroxylation is 1. The second-order valence-electron chi connectivity index (χ2n) is 7.15. The lowest BCUT2D eigenvalue weighted by Crippen LogP contribution is -3.12. The molecule has 0 aliphatic rings. The number of ether oxygens (including phenoxy) is 2. The minimum Gasteiger partial charge on any atom is -0.493 e. The van der Waals surface area contributed by atoms with Crippen LogP contribution < -0.4 is 14.4 Å². The van der Waals surface area contributed by atoms with Gasteiger partial charge in [-0.2, -0.15) is 8.78 Å². The maximum atomic E-state index is 13.0. The van der Waals surface area contributed by atoms with E-state index in [0.717, 1.165) is 10.5 Å². The number of ketones is 2. The van der Waals surface area contributed by atoms with E-state index in [9.17, 15) is 18.4 Å². The van der Waals surface area contributed by atoms with E-state index < -0.39 is 12.7 Å². The molecule has 2 atom stereocenters. The molecule has 0 aliphatic heterocycles. The van der Waals surface area contributed by atoms with Gasteiger partial charge < -0.3 is 19.4 Å². The van der Waals surface area contributed by atoms with E-state index in [1.54, 1.807) is 26.0 Å². The van der Waals surface area contributed by atoms with Gasteiger partial charge >= 0.3 is 6.61 Å². The van der Waals surface area contributed by atoms with Crippen LogP contribution in [0.5, 0.6) is 11.5 Å². The van der Waals surface area contributed by atoms with Crippen molar-refractivity contribution in [1.29, 1.82) is 0 Å². The van der Waals surface area contributed by atoms with Gasteiger partial charge in [0.1, 0.15) is 6.54 Å². The molecule has 6 nitrogen and oxygen atoms in total. The molecule has 0 saturated carbocycles. The Bertz CT molecular complexity index is 908. The Kier molecular flexibility index (Phi) is 7.13. The monoisotopic (exact) mass is 409 g/mol. The lowest BCUT2D eigenvalue weighted by molar-refractivity contribution is -0.907. The van der Waals surface area contributed by atoms with E-state index in [1.165, 1.54) is 20.1 Å². The summed E-state index contributed by atoms with van der Waals surface area (Å²) in [7, 11) is 3.25. The molecule has 2 N–H and O–H groups in total. The molecule has 29 heavy (non-hydrogen) atoms. The molecule has 0 fully saturated rings. The Balaban J connectivity index is 2.18. The molecule has 1 aromatic carbocycles. The van der Waals surface area contributed by atoms with Crippen LogP contribution in [0.25, 0.3) is 0 Å². The number of carbonyl (C=O) groups excluding carboxylic acids is 2. The molecule has 1 unspecified atom stereocenters. The Morgan fingerprint density at radius 2 is 1.86 bits per heavy atom. The van der Waals surface area contributed by atoms with Crippen molar-refractivity contribution in [1.82, 2.24) is 4.98 Å². The van der Waals surface area contributed by atoms with Crippen molar-refractivity contribution in [2.75, 3.05) is 14.2 Å². The Morgan fingerprint density at radius 3 is 2.38 bits per heavy atom. The molecule has 0 saturated heterocycles. The highest BCUT2D eigenvalue weighted by Crippen LogP contribution is 2.29. The number of halogens is 2. The number of aromatic amines is 1. The van der Waals surface area contributed by atoms with Gasteiger partial charge in [0.25, 0.3) is 0 Å². The van der Waals surface area contributed by atoms with Crippen molar-refractivity contribution in [3.8, 4) is 11.5 Å². The smallest absolute Gasteiger partial charge is 0.387 e. The number of likely N-dealkylation sites (N-methyl/N-ethyl adjacent to an activating group) is 1. The molecule has 1 heterocycles. The van der Waals surface area contributed by atoms with E-state index in [4.69, 9.17) is 4.74 Å². The molecule has 0 radical (unpaired) electrons. The zero-order chi connectivity index (χ0) is 21.9. The van der Waals surface area contributed by atoms with Crippen LogP contribution in [0.3, 0.4) is 0 Å². The summed E-state index contributed by atoms with van der Waals surface area (Å²) in [5.41, 5.74) is 3.15. The summed E-state index contributed by atoms with van der Waals surface area (Å²) in [6.07, 6.45) is 0. The van der Waals surface area contributed by atoms with Crippen LogP contribution in [0.1, 0.15) is 51.5 Å². The number of aromatic nitrogens is 1. The maximum absolute atomic E-state index is 13.0. The normalized spacial score (nSPS) is 13.3. The number of quaternary nitrogens is 1. The number of hydrogen-bond acceptors (Lipinski definition) is 4. The molecule has 2 aromatic rings. The van der Waals surface area contributed by atoms with Gasteiger partial charge in [0.05, 0.1) is 19.9 Å². The van der Waals surface area contributed by atoms with Crippen molar-refractivity contribution >= 4 is 11.6 Å². The van der Waals surface area contributed by atoms with E-state index >= 15 is 0 Å². The van der Waals surface area contributed by atoms with Crippen LogP contribution in [-0.4, -0.2) is 43.4 Å². The zero-order valence-corrected chi connectivity index (χ0v) is 17.5. The summed E-state index contributed by atoms with van der Waals surface area (Å²) < 4.78 is 34.5. The predicted octanol–water partition coefficient (Wildman–Crippen LogP) is 2.73. The number of rotatable bonds is 9. The highest BCUT2D eigenvalue weighted by molar-refractivity contribution is 6.04. The fourth-order valence-electron chi connectivity index (χ4n) is 3.46. The number of nitrogens with one attached hydrogen (secondary N) is 2. The van der Waals surface area contributed by atoms with Crippen LogP contribution in [0.2, 0.25) is 0 Å². The first-order valence-electron chi connectivity index (χ1n) is 9.25. The Labute approximate surface area is 168 Å². The van der Waals surface area contributed by atoms with Gasteiger partial charge in [0.15, 0.2) is 23.3 Å². The van der Waals surface area contributed by atoms with Gasteiger partial charge in [0.2, 0.25) is 5.78 Å². The number of alkyl halides is 2. The SMILES string of the molecule is COc1cc(C[NH+](C)[C@H](C)C(=O)c2[nH]c(C)c(C(C)=O)c2C)ccc1OC(F)F. The molecule has 0 spiro atoms. The average Bonchev–Trinajstić information content (AvgIpc) is 2.95. The molecule has 2 rings (SSSR count). The topological polar surface area (TPSA) is 72.8 Å². The fourth-order valence-corrected chi connectivity index (χ4v) is 3.46. The van der Waals surface area contributed by atoms with Crippen molar-refractivity contribution in [3.63, 3.8) is 0 Å². The highest BCUT2D eigenvalue weighted by Gasteiger charge is 2.28. The van der Waals surface area contributed by atoms with Crippen LogP contribution in [0.15, 0.2) is 18.2 Å². The third-order valence-corrected chi connectivity index (χ3v) is 5.10. The van der Waals surface area contributed by atoms with Crippen molar-refractivity contribution in [2.24, 2.45) is 0 Å². The van der Waals surface area contributed by atoms with Crippen molar-refractivity contribution < 1.29 is 32.7 Å². The molecular weight excluding hydrogens is 382 g/mol. The van der Waals surface area contributed by atoms with E-state index in [-0.39, 0.29) is 23.1 Å². The van der Waals surface area contributed by atoms with Gasteiger partial charge in [-0.25, -0.2) is 0 Å². The largest absolute Gasteiger partial charge is 0.493 e. The zero-order valence-electron chi connectivity index (χ0n) is 17.5. The standard InChI is InChI=1S/C21H26F2N2O4/c1-11-18(14(4)26)12(2)24-19(11)20(27)13(3)25(5)10-15-7-8-16(29-21(22)23)17(9-15)28-6/h7-9,13,21,24H,10H2,1-6H3/p+1/t13-/m1/s1. The lowest BCUT2D eigenvalue weighted by atomic mass is 10.0. The van der Waals surface area contributed by atoms with E-state index in [1.807, 2.05) is 14.0 Å². The summed E-state index contributed by atoms with van der Waals surface area (Å²) in [4.78, 5) is 28.8. The number of Topliss-reactive ketones (excluding diaryl/α,β-unsaturated/α-hetero) is 2. The summed E-state index contributed by atoms with van der Waals surface area (Å²) in [6, 6.07) is 4.32. The molecule has 0 bridgehead atoms. The summed E-state index contributed by atoms with van der Waals surface area (Å²) >= 11 is 0. The van der Waals surface area contributed by atoms with Gasteiger partial charge in [-0.05, 0) is 51.5 Å². The van der Waals surface area contributed by atoms with Crippen molar-refractivity contribution in [2.45, 2.75) is 46.9 Å². The average molecular weight is 409 g/mol. The molecule has 8 heteroatoms. The number of benzene rings is 1. The summed E-state index contributed by atoms with van der Waals surface area (Å²) in [6.45, 7) is 4.36. The quantitative estimate of drug-likeness (QED) is 0.625. The van der Waals surface area contributed by atoms with E-state index in [2.05, 4.69) is 9.72 Å². The number of H-pyrrole nitrogens is 1. The second kappa shape index (κ2) is 9.17. The van der Waals surface area contributed by atoms with Crippen LogP contribution >= 0.6 is 0 Å². The third-order valence-electron chi connectivity index (χ3n) is 5.10. The fraction of sp³-hybridized carbons (Fsp3) is 0.429. The first-order chi connectivity index (χ1) is 13.6. The molecule has 0 aliphatic carbocycles. The van der Waals surface area contributed by atoms with Crippen LogP contribution in [0, 0.1) is 13.8 Å². The maximum Gasteiger partial charge on any atom is 0.387 e. The van der Waals surface area contributed by atoms with Crippen LogP contribution in [-0.2, 0) is 6.54 Å². The first kappa shape index (κ1) is 22.5. The van der Waals surface area contributed by atoms with Gasteiger partial charge in [-0.15, -0.1) is 0 Å². The molecular formula is C21H27F2N2O4+. The predicted molar refractivity (Wildman–Crippen MR) is 104 cm³/mol. The second-order valence-corrected chi connectivity index (χ2v) is 7.15. The third kappa shape index (κ3) is 5.00. The van der Waals surface area contributed by atoms with Gasteiger partial charge in [-0.1, -0.05) is 0 Å². The minimum atomic E-state index is -2.94. The van der Waals surface area contributed by atoms with Gasteiger partial charge in [-0.3, -0.25) is 9.59 Å². The Morgan fingerprint density at radius 1 is 1.21 bits per heavy atom. The minimum absolute atomic E-state index is 0.0396. The van der Waals surface area contributed by atoms with Crippen LogP contribution in [0.4, 0.5) is 8.78 Å². The Hall–Kier alpha value is -2.74. The van der Waals surface area contributed by atoms with Crippen molar-refractivity contribution in [3.05, 3.63) is 46.3 Å². The number of hydrogen-bond donors (Lipinski definition) is 2. The lowest BCUT2D eigenvalue weighted by Gasteiger charge is -2.21. The van der Waals surface area contributed by atoms with Gasteiger partial charge in [0, 0.05) is 16.8 Å².